The van der Waals surface area contributed by atoms with Gasteiger partial charge in [0, 0.05) is 9.79 Å². The van der Waals surface area contributed by atoms with Crippen LogP contribution in [0.2, 0.25) is 0 Å². The molecular weight excluding hydrogens is 244 g/mol. The van der Waals surface area contributed by atoms with E-state index in [0.29, 0.717) is 0 Å². The number of aliphatic hydroxyl groups excluding tert-OH is 1. The summed E-state index contributed by atoms with van der Waals surface area (Å²) < 4.78 is 5.14. The third kappa shape index (κ3) is 3.06. The lowest BCUT2D eigenvalue weighted by atomic mass is 10.1. The summed E-state index contributed by atoms with van der Waals surface area (Å²) in [5.41, 5.74) is 2.13. The number of benzene rings is 2. The third-order valence-electron chi connectivity index (χ3n) is 2.71. The highest BCUT2D eigenvalue weighted by atomic mass is 32.2. The summed E-state index contributed by atoms with van der Waals surface area (Å²) in [6.07, 6.45) is 0. The maximum atomic E-state index is 9.08. The molecule has 0 radical (unpaired) electrons. The second-order valence-electron chi connectivity index (χ2n) is 4.04. The van der Waals surface area contributed by atoms with Gasteiger partial charge in [-0.05, 0) is 48.4 Å². The van der Waals surface area contributed by atoms with E-state index >= 15 is 0 Å². The average molecular weight is 260 g/mol. The molecule has 0 spiro atoms. The van der Waals surface area contributed by atoms with Gasteiger partial charge >= 0.3 is 0 Å². The van der Waals surface area contributed by atoms with Gasteiger partial charge in [0.05, 0.1) is 13.7 Å². The van der Waals surface area contributed by atoms with Crippen molar-refractivity contribution in [2.75, 3.05) is 7.11 Å². The first-order valence-electron chi connectivity index (χ1n) is 5.75. The largest absolute Gasteiger partial charge is 0.497 e. The summed E-state index contributed by atoms with van der Waals surface area (Å²) in [4.78, 5) is 2.38. The van der Waals surface area contributed by atoms with E-state index in [1.165, 1.54) is 15.4 Å². The van der Waals surface area contributed by atoms with Crippen molar-refractivity contribution >= 4 is 11.8 Å². The molecule has 94 valence electrons. The fraction of sp³-hybridized carbons (Fsp3) is 0.200. The minimum Gasteiger partial charge on any atom is -0.497 e. The van der Waals surface area contributed by atoms with Crippen LogP contribution < -0.4 is 4.74 Å². The highest BCUT2D eigenvalue weighted by Crippen LogP contribution is 2.31. The number of methoxy groups -OCH3 is 1. The Labute approximate surface area is 112 Å². The summed E-state index contributed by atoms with van der Waals surface area (Å²) in [5, 5.41) is 9.08. The minimum atomic E-state index is 0.0916. The zero-order valence-electron chi connectivity index (χ0n) is 10.5. The summed E-state index contributed by atoms with van der Waals surface area (Å²) in [5.74, 6) is 0.867. The zero-order chi connectivity index (χ0) is 13.0. The van der Waals surface area contributed by atoms with Crippen LogP contribution in [-0.4, -0.2) is 12.2 Å². The van der Waals surface area contributed by atoms with Crippen molar-refractivity contribution < 1.29 is 9.84 Å². The van der Waals surface area contributed by atoms with Gasteiger partial charge in [-0.1, -0.05) is 23.9 Å². The lowest BCUT2D eigenvalue weighted by Crippen LogP contribution is -1.87. The Morgan fingerprint density at radius 2 is 1.83 bits per heavy atom. The number of aryl methyl sites for hydroxylation is 1. The molecule has 0 saturated heterocycles. The average Bonchev–Trinajstić information content (AvgIpc) is 2.42. The molecule has 2 aromatic carbocycles. The van der Waals surface area contributed by atoms with E-state index in [-0.39, 0.29) is 6.61 Å². The number of aliphatic hydroxyl groups is 1. The summed E-state index contributed by atoms with van der Waals surface area (Å²) in [6, 6.07) is 14.0. The van der Waals surface area contributed by atoms with Gasteiger partial charge in [0.1, 0.15) is 5.75 Å². The van der Waals surface area contributed by atoms with Gasteiger partial charge in [-0.3, -0.25) is 0 Å². The number of hydrogen-bond donors (Lipinski definition) is 1. The standard InChI is InChI=1S/C15H16O2S/c1-11-9-12(10-16)3-8-15(11)18-14-6-4-13(17-2)5-7-14/h3-9,16H,10H2,1-2H3. The van der Waals surface area contributed by atoms with Crippen molar-refractivity contribution in [1.82, 2.24) is 0 Å². The van der Waals surface area contributed by atoms with Crippen LogP contribution in [0.4, 0.5) is 0 Å². The second-order valence-corrected chi connectivity index (χ2v) is 5.15. The molecule has 0 aliphatic rings. The molecule has 0 fully saturated rings. The summed E-state index contributed by atoms with van der Waals surface area (Å²) >= 11 is 1.72. The van der Waals surface area contributed by atoms with Crippen LogP contribution in [0.15, 0.2) is 52.3 Å². The highest BCUT2D eigenvalue weighted by molar-refractivity contribution is 7.99. The van der Waals surface area contributed by atoms with Crippen LogP contribution in [0.25, 0.3) is 0 Å². The third-order valence-corrected chi connectivity index (χ3v) is 3.90. The SMILES string of the molecule is COc1ccc(Sc2ccc(CO)cc2C)cc1. The highest BCUT2D eigenvalue weighted by Gasteiger charge is 2.02. The molecule has 0 amide bonds. The van der Waals surface area contributed by atoms with Gasteiger partial charge in [0.25, 0.3) is 0 Å². The molecule has 0 unspecified atom stereocenters. The Morgan fingerprint density at radius 1 is 1.11 bits per heavy atom. The Kier molecular flexibility index (Phi) is 4.28. The number of rotatable bonds is 4. The molecular formula is C15H16O2S. The van der Waals surface area contributed by atoms with Crippen LogP contribution in [0, 0.1) is 6.92 Å². The molecule has 0 saturated carbocycles. The molecule has 0 bridgehead atoms. The molecule has 1 N–H and O–H groups in total. The van der Waals surface area contributed by atoms with Crippen LogP contribution >= 0.6 is 11.8 Å². The van der Waals surface area contributed by atoms with Crippen molar-refractivity contribution in [3.05, 3.63) is 53.6 Å². The quantitative estimate of drug-likeness (QED) is 0.910. The van der Waals surface area contributed by atoms with E-state index in [2.05, 4.69) is 13.0 Å². The van der Waals surface area contributed by atoms with Crippen LogP contribution in [0.1, 0.15) is 11.1 Å². The Hall–Kier alpha value is -1.45. The lowest BCUT2D eigenvalue weighted by Gasteiger charge is -2.07. The zero-order valence-corrected chi connectivity index (χ0v) is 11.3. The fourth-order valence-corrected chi connectivity index (χ4v) is 2.58. The predicted octanol–water partition coefficient (Wildman–Crippen LogP) is 3.65. The molecule has 0 aliphatic carbocycles. The van der Waals surface area contributed by atoms with E-state index in [1.807, 2.05) is 36.4 Å². The van der Waals surface area contributed by atoms with E-state index in [4.69, 9.17) is 9.84 Å². The van der Waals surface area contributed by atoms with Crippen molar-refractivity contribution in [3.8, 4) is 5.75 Å². The Balaban J connectivity index is 2.17. The van der Waals surface area contributed by atoms with Crippen molar-refractivity contribution in [3.63, 3.8) is 0 Å². The monoisotopic (exact) mass is 260 g/mol. The van der Waals surface area contributed by atoms with Crippen molar-refractivity contribution in [1.29, 1.82) is 0 Å². The smallest absolute Gasteiger partial charge is 0.118 e. The van der Waals surface area contributed by atoms with Crippen LogP contribution in [-0.2, 0) is 6.61 Å². The summed E-state index contributed by atoms with van der Waals surface area (Å²) in [6.45, 7) is 2.15. The maximum Gasteiger partial charge on any atom is 0.118 e. The van der Waals surface area contributed by atoms with Crippen molar-refractivity contribution in [2.45, 2.75) is 23.3 Å². The lowest BCUT2D eigenvalue weighted by molar-refractivity contribution is 0.281. The fourth-order valence-electron chi connectivity index (χ4n) is 1.70. The normalized spacial score (nSPS) is 10.4. The number of ether oxygens (including phenoxy) is 1. The Morgan fingerprint density at radius 3 is 2.39 bits per heavy atom. The maximum absolute atomic E-state index is 9.08. The van der Waals surface area contributed by atoms with Gasteiger partial charge < -0.3 is 9.84 Å². The van der Waals surface area contributed by atoms with E-state index in [0.717, 1.165) is 11.3 Å². The van der Waals surface area contributed by atoms with E-state index in [9.17, 15) is 0 Å². The van der Waals surface area contributed by atoms with Gasteiger partial charge in [-0.25, -0.2) is 0 Å². The topological polar surface area (TPSA) is 29.5 Å². The van der Waals surface area contributed by atoms with Gasteiger partial charge in [-0.15, -0.1) is 0 Å². The van der Waals surface area contributed by atoms with Gasteiger partial charge in [0.2, 0.25) is 0 Å². The Bertz CT molecular complexity index is 521. The summed E-state index contributed by atoms with van der Waals surface area (Å²) in [7, 11) is 1.67. The molecule has 2 rings (SSSR count). The molecule has 0 aliphatic heterocycles. The molecule has 3 heteroatoms. The molecule has 0 aromatic heterocycles. The second kappa shape index (κ2) is 5.94. The first-order valence-corrected chi connectivity index (χ1v) is 6.57. The molecule has 18 heavy (non-hydrogen) atoms. The van der Waals surface area contributed by atoms with Crippen molar-refractivity contribution in [2.24, 2.45) is 0 Å². The van der Waals surface area contributed by atoms with Gasteiger partial charge in [0.15, 0.2) is 0 Å². The molecule has 0 atom stereocenters. The molecule has 0 heterocycles. The number of hydrogen-bond acceptors (Lipinski definition) is 3. The van der Waals surface area contributed by atoms with Crippen LogP contribution in [0.5, 0.6) is 5.75 Å². The molecule has 2 aromatic rings. The van der Waals surface area contributed by atoms with E-state index in [1.54, 1.807) is 18.9 Å². The predicted molar refractivity (Wildman–Crippen MR) is 74.2 cm³/mol. The first kappa shape index (κ1) is 13.0. The van der Waals surface area contributed by atoms with E-state index < -0.39 is 0 Å². The first-order chi connectivity index (χ1) is 8.72. The van der Waals surface area contributed by atoms with Crippen LogP contribution in [0.3, 0.4) is 0 Å². The minimum absolute atomic E-state index is 0.0916. The molecule has 2 nitrogen and oxygen atoms in total. The van der Waals surface area contributed by atoms with Gasteiger partial charge in [-0.2, -0.15) is 0 Å².